The molecule has 1 atom stereocenters. The fourth-order valence-electron chi connectivity index (χ4n) is 2.73. The monoisotopic (exact) mass is 535 g/mol. The third-order valence-electron chi connectivity index (χ3n) is 4.50. The summed E-state index contributed by atoms with van der Waals surface area (Å²) in [4.78, 5) is 37.3. The van der Waals surface area contributed by atoms with Crippen LogP contribution < -0.4 is 10.9 Å². The van der Waals surface area contributed by atoms with Gasteiger partial charge < -0.3 is 15.0 Å². The first-order valence-electron chi connectivity index (χ1n) is 9.66. The smallest absolute Gasteiger partial charge is 0.475 e. The molecule has 0 unspecified atom stereocenters. The number of benzene rings is 1. The second-order valence-electron chi connectivity index (χ2n) is 7.07. The third-order valence-corrected chi connectivity index (χ3v) is 4.82. The Morgan fingerprint density at radius 1 is 1.03 bits per heavy atom. The number of aromatic nitrogens is 2. The van der Waals surface area contributed by atoms with Crippen molar-refractivity contribution in [3.8, 4) is 0 Å². The number of carbonyl (C=O) groups is 2. The lowest BCUT2D eigenvalue weighted by Gasteiger charge is -2.20. The lowest BCUT2D eigenvalue weighted by atomic mass is 10.0. The quantitative estimate of drug-likeness (QED) is 0.475. The highest BCUT2D eigenvalue weighted by molar-refractivity contribution is 6.31. The zero-order chi connectivity index (χ0) is 27.3. The van der Waals surface area contributed by atoms with Crippen LogP contribution in [-0.4, -0.2) is 32.7 Å². The number of nitrogens with zero attached hydrogens (tertiary/aromatic N) is 2. The fourth-order valence-corrected chi connectivity index (χ4v) is 2.96. The van der Waals surface area contributed by atoms with Gasteiger partial charge >= 0.3 is 18.3 Å². The molecule has 7 nitrogen and oxygen atoms in total. The number of amides is 1. The molecule has 0 spiro atoms. The summed E-state index contributed by atoms with van der Waals surface area (Å²) in [6, 6.07) is 9.27. The van der Waals surface area contributed by atoms with Crippen molar-refractivity contribution < 1.29 is 41.0 Å². The summed E-state index contributed by atoms with van der Waals surface area (Å²) in [5.74, 6) is -3.29. The Balaban J connectivity index is 0.000000572. The lowest BCUT2D eigenvalue weighted by Crippen LogP contribution is -2.31. The molecule has 0 fully saturated rings. The van der Waals surface area contributed by atoms with Gasteiger partial charge in [-0.3, -0.25) is 14.6 Å². The molecule has 2 heterocycles. The van der Waals surface area contributed by atoms with Gasteiger partial charge in [0.2, 0.25) is 5.56 Å². The molecule has 0 bridgehead atoms. The number of nitrogens with one attached hydrogen (secondary N) is 1. The van der Waals surface area contributed by atoms with Crippen molar-refractivity contribution >= 4 is 23.5 Å². The Labute approximate surface area is 204 Å². The highest BCUT2D eigenvalue weighted by Crippen LogP contribution is 2.32. The van der Waals surface area contributed by atoms with Crippen molar-refractivity contribution in [2.24, 2.45) is 7.05 Å². The van der Waals surface area contributed by atoms with Gasteiger partial charge in [0.1, 0.15) is 0 Å². The molecule has 0 saturated carbocycles. The first kappa shape index (κ1) is 28.4. The molecule has 36 heavy (non-hydrogen) atoms. The van der Waals surface area contributed by atoms with E-state index in [0.717, 1.165) is 12.1 Å². The number of carboxylic acids is 1. The van der Waals surface area contributed by atoms with Crippen LogP contribution >= 0.6 is 11.6 Å². The molecule has 2 aromatic heterocycles. The maximum atomic E-state index is 12.9. The van der Waals surface area contributed by atoms with Crippen LogP contribution in [0.1, 0.15) is 33.2 Å². The van der Waals surface area contributed by atoms with Crippen LogP contribution in [0.25, 0.3) is 0 Å². The van der Waals surface area contributed by atoms with Crippen LogP contribution in [0.4, 0.5) is 26.3 Å². The fraction of sp³-hybridized carbons (Fsp3) is 0.182. The zero-order valence-corrected chi connectivity index (χ0v) is 18.8. The molecule has 0 radical (unpaired) electrons. The molecule has 192 valence electrons. The number of halogens is 7. The molecule has 1 aromatic carbocycles. The van der Waals surface area contributed by atoms with Crippen molar-refractivity contribution in [1.29, 1.82) is 0 Å². The van der Waals surface area contributed by atoms with Gasteiger partial charge in [0.05, 0.1) is 27.9 Å². The maximum absolute atomic E-state index is 12.9. The molecular weight excluding hydrogens is 520 g/mol. The van der Waals surface area contributed by atoms with Crippen LogP contribution in [0.3, 0.4) is 0 Å². The van der Waals surface area contributed by atoms with E-state index in [9.17, 15) is 35.9 Å². The molecule has 0 saturated heterocycles. The number of aliphatic carboxylic acids is 1. The normalized spacial score (nSPS) is 12.2. The van der Waals surface area contributed by atoms with E-state index in [2.05, 4.69) is 10.3 Å². The molecule has 14 heteroatoms. The first-order chi connectivity index (χ1) is 16.6. The van der Waals surface area contributed by atoms with Crippen LogP contribution in [-0.2, 0) is 18.0 Å². The number of aryl methyl sites for hydroxylation is 1. The van der Waals surface area contributed by atoms with Crippen LogP contribution in [0.2, 0.25) is 5.02 Å². The summed E-state index contributed by atoms with van der Waals surface area (Å²) in [6.07, 6.45) is -6.73. The number of pyridine rings is 2. The van der Waals surface area contributed by atoms with Gasteiger partial charge in [-0.05, 0) is 35.9 Å². The number of carboxylic acid groups (broad SMARTS) is 1. The molecule has 0 aliphatic rings. The number of hydrogen-bond donors (Lipinski definition) is 2. The van der Waals surface area contributed by atoms with E-state index < -0.39 is 35.8 Å². The number of hydrogen-bond acceptors (Lipinski definition) is 4. The van der Waals surface area contributed by atoms with Gasteiger partial charge in [-0.1, -0.05) is 23.7 Å². The molecule has 1 amide bonds. The Kier molecular flexibility index (Phi) is 8.86. The van der Waals surface area contributed by atoms with E-state index in [-0.39, 0.29) is 21.8 Å². The highest BCUT2D eigenvalue weighted by atomic mass is 35.5. The topological polar surface area (TPSA) is 101 Å². The van der Waals surface area contributed by atoms with Crippen molar-refractivity contribution in [3.05, 3.63) is 98.7 Å². The average Bonchev–Trinajstić information content (AvgIpc) is 2.79. The summed E-state index contributed by atoms with van der Waals surface area (Å²) >= 11 is 6.21. The van der Waals surface area contributed by atoms with E-state index in [1.54, 1.807) is 12.1 Å². The Morgan fingerprint density at radius 3 is 2.08 bits per heavy atom. The van der Waals surface area contributed by atoms with Gasteiger partial charge in [0.15, 0.2) is 0 Å². The minimum absolute atomic E-state index is 0.205. The van der Waals surface area contributed by atoms with Crippen LogP contribution in [0.15, 0.2) is 65.7 Å². The van der Waals surface area contributed by atoms with E-state index in [1.807, 2.05) is 0 Å². The van der Waals surface area contributed by atoms with Gasteiger partial charge in [-0.2, -0.15) is 26.3 Å². The van der Waals surface area contributed by atoms with Crippen LogP contribution in [0.5, 0.6) is 0 Å². The molecule has 3 aromatic rings. The molecule has 2 N–H and O–H groups in total. The number of rotatable bonds is 4. The molecule has 0 aliphatic heterocycles. The van der Waals surface area contributed by atoms with Crippen molar-refractivity contribution in [2.45, 2.75) is 18.4 Å². The van der Waals surface area contributed by atoms with E-state index in [0.29, 0.717) is 5.56 Å². The van der Waals surface area contributed by atoms with E-state index in [1.165, 1.54) is 48.3 Å². The molecular formula is C22H16ClF6N3O4. The molecule has 3 rings (SSSR count). The second kappa shape index (κ2) is 11.2. The lowest BCUT2D eigenvalue weighted by molar-refractivity contribution is -0.192. The second-order valence-corrected chi connectivity index (χ2v) is 7.47. The van der Waals surface area contributed by atoms with Crippen molar-refractivity contribution in [1.82, 2.24) is 14.9 Å². The van der Waals surface area contributed by atoms with Gasteiger partial charge in [0, 0.05) is 25.5 Å². The van der Waals surface area contributed by atoms with E-state index in [4.69, 9.17) is 21.5 Å². The standard InChI is InChI=1S/C20H15ClF3N3O2.C2HF3O2/c1-27-11-13(6-9-16(27)28)19(29)26-17(18-15(21)3-2-10-25-18)12-4-7-14(8-5-12)20(22,23)24;3-2(4,5)1(6)7/h2-11,17H,1H3,(H,26,29);(H,6,7)/t17-;/m0./s1. The van der Waals surface area contributed by atoms with Gasteiger partial charge in [-0.25, -0.2) is 4.79 Å². The largest absolute Gasteiger partial charge is 0.490 e. The van der Waals surface area contributed by atoms with Crippen molar-refractivity contribution in [2.75, 3.05) is 0 Å². The highest BCUT2D eigenvalue weighted by Gasteiger charge is 2.38. The Bertz CT molecular complexity index is 1290. The summed E-state index contributed by atoms with van der Waals surface area (Å²) < 4.78 is 71.6. The average molecular weight is 536 g/mol. The minimum atomic E-state index is -5.08. The number of alkyl halides is 6. The predicted molar refractivity (Wildman–Crippen MR) is 115 cm³/mol. The zero-order valence-electron chi connectivity index (χ0n) is 18.1. The number of carbonyl (C=O) groups excluding carboxylic acids is 1. The third kappa shape index (κ3) is 7.57. The SMILES string of the molecule is Cn1cc(C(=O)N[C@@H](c2ccc(C(F)(F)F)cc2)c2ncccc2Cl)ccc1=O.O=C(O)C(F)(F)F. The summed E-state index contributed by atoms with van der Waals surface area (Å²) in [5, 5.41) is 10.1. The first-order valence-corrected chi connectivity index (χ1v) is 10.0. The Hall–Kier alpha value is -3.87. The van der Waals surface area contributed by atoms with Crippen LogP contribution in [0, 0.1) is 0 Å². The molecule has 0 aliphatic carbocycles. The Morgan fingerprint density at radius 2 is 1.61 bits per heavy atom. The van der Waals surface area contributed by atoms with Gasteiger partial charge in [-0.15, -0.1) is 0 Å². The summed E-state index contributed by atoms with van der Waals surface area (Å²) in [5.41, 5.74) is -0.231. The minimum Gasteiger partial charge on any atom is -0.475 e. The maximum Gasteiger partial charge on any atom is 0.490 e. The predicted octanol–water partition coefficient (Wildman–Crippen LogP) is 4.61. The van der Waals surface area contributed by atoms with Gasteiger partial charge in [0.25, 0.3) is 5.91 Å². The van der Waals surface area contributed by atoms with E-state index >= 15 is 0 Å². The summed E-state index contributed by atoms with van der Waals surface area (Å²) in [6.45, 7) is 0. The van der Waals surface area contributed by atoms with Crippen molar-refractivity contribution in [3.63, 3.8) is 0 Å². The summed E-state index contributed by atoms with van der Waals surface area (Å²) in [7, 11) is 1.50.